The van der Waals surface area contributed by atoms with Gasteiger partial charge in [-0.25, -0.2) is 9.97 Å². The van der Waals surface area contributed by atoms with Crippen molar-refractivity contribution in [3.63, 3.8) is 0 Å². The van der Waals surface area contributed by atoms with Gasteiger partial charge in [0.2, 0.25) is 0 Å². The molecule has 130 valence electrons. The highest BCUT2D eigenvalue weighted by molar-refractivity contribution is 7.19. The predicted octanol–water partition coefficient (Wildman–Crippen LogP) is 4.36. The molecule has 7 heteroatoms. The predicted molar refractivity (Wildman–Crippen MR) is 101 cm³/mol. The third kappa shape index (κ3) is 3.04. The Balaban J connectivity index is 1.74. The maximum Gasteiger partial charge on any atom is 0.293 e. The molecule has 0 bridgehead atoms. The summed E-state index contributed by atoms with van der Waals surface area (Å²) in [7, 11) is 1.93. The van der Waals surface area contributed by atoms with Gasteiger partial charge in [-0.05, 0) is 19.1 Å². The maximum atomic E-state index is 12.4. The van der Waals surface area contributed by atoms with Gasteiger partial charge in [-0.2, -0.15) is 0 Å². The lowest BCUT2D eigenvalue weighted by atomic mass is 10.1. The van der Waals surface area contributed by atoms with Crippen LogP contribution in [-0.4, -0.2) is 20.4 Å². The van der Waals surface area contributed by atoms with Crippen molar-refractivity contribution in [2.24, 2.45) is 7.05 Å². The summed E-state index contributed by atoms with van der Waals surface area (Å²) in [5, 5.41) is 3.32. The third-order valence-electron chi connectivity index (χ3n) is 3.88. The normalized spacial score (nSPS) is 10.8. The molecular weight excluding hydrogens is 348 g/mol. The molecule has 0 aliphatic rings. The summed E-state index contributed by atoms with van der Waals surface area (Å²) >= 11 is 1.39. The van der Waals surface area contributed by atoms with Gasteiger partial charge < -0.3 is 8.98 Å². The SMILES string of the molecule is Cc1ccc(C(=O)Nc2nc(-c3ccccc3)c(-c3nccn3C)s2)o1. The average molecular weight is 364 g/mol. The van der Waals surface area contributed by atoms with Crippen molar-refractivity contribution in [1.29, 1.82) is 0 Å². The number of hydrogen-bond acceptors (Lipinski definition) is 5. The summed E-state index contributed by atoms with van der Waals surface area (Å²) in [4.78, 5) is 22.3. The average Bonchev–Trinajstić information content (AvgIpc) is 3.35. The number of rotatable bonds is 4. The Morgan fingerprint density at radius 3 is 2.65 bits per heavy atom. The van der Waals surface area contributed by atoms with Crippen LogP contribution in [0.2, 0.25) is 0 Å². The van der Waals surface area contributed by atoms with Gasteiger partial charge in [0.05, 0.1) is 10.6 Å². The first-order chi connectivity index (χ1) is 12.6. The fraction of sp³-hybridized carbons (Fsp3) is 0.105. The number of aromatic nitrogens is 3. The summed E-state index contributed by atoms with van der Waals surface area (Å²) in [6.45, 7) is 1.80. The highest BCUT2D eigenvalue weighted by atomic mass is 32.1. The van der Waals surface area contributed by atoms with E-state index >= 15 is 0 Å². The van der Waals surface area contributed by atoms with Crippen LogP contribution in [0.5, 0.6) is 0 Å². The summed E-state index contributed by atoms with van der Waals surface area (Å²) in [5.41, 5.74) is 1.76. The van der Waals surface area contributed by atoms with Crippen LogP contribution in [0.3, 0.4) is 0 Å². The monoisotopic (exact) mass is 364 g/mol. The van der Waals surface area contributed by atoms with Gasteiger partial charge >= 0.3 is 0 Å². The zero-order chi connectivity index (χ0) is 18.1. The lowest BCUT2D eigenvalue weighted by Crippen LogP contribution is -2.10. The first-order valence-electron chi connectivity index (χ1n) is 8.03. The molecule has 3 heterocycles. The second kappa shape index (κ2) is 6.61. The van der Waals surface area contributed by atoms with E-state index in [4.69, 9.17) is 4.42 Å². The summed E-state index contributed by atoms with van der Waals surface area (Å²) in [5.74, 6) is 1.43. The second-order valence-electron chi connectivity index (χ2n) is 5.79. The van der Waals surface area contributed by atoms with E-state index in [1.807, 2.05) is 48.1 Å². The molecule has 0 spiro atoms. The van der Waals surface area contributed by atoms with E-state index in [1.165, 1.54) is 11.3 Å². The number of nitrogens with zero attached hydrogens (tertiary/aromatic N) is 3. The van der Waals surface area contributed by atoms with E-state index in [-0.39, 0.29) is 11.7 Å². The summed E-state index contributed by atoms with van der Waals surface area (Å²) in [6, 6.07) is 13.3. The lowest BCUT2D eigenvalue weighted by Gasteiger charge is -2.02. The molecule has 0 unspecified atom stereocenters. The standard InChI is InChI=1S/C19H16N4O2S/c1-12-8-9-14(25-12)18(24)22-19-21-15(13-6-4-3-5-7-13)16(26-19)17-20-10-11-23(17)2/h3-11H,1-2H3,(H,21,22,24). The van der Waals surface area contributed by atoms with E-state index in [9.17, 15) is 4.79 Å². The van der Waals surface area contributed by atoms with Gasteiger partial charge in [0.1, 0.15) is 5.76 Å². The molecule has 0 aliphatic carbocycles. The Kier molecular flexibility index (Phi) is 4.14. The van der Waals surface area contributed by atoms with E-state index in [0.717, 1.165) is 22.0 Å². The van der Waals surface area contributed by atoms with Gasteiger partial charge in [0.15, 0.2) is 16.7 Å². The van der Waals surface area contributed by atoms with Gasteiger partial charge in [0, 0.05) is 25.0 Å². The largest absolute Gasteiger partial charge is 0.456 e. The van der Waals surface area contributed by atoms with Crippen LogP contribution in [0.4, 0.5) is 5.13 Å². The molecule has 4 rings (SSSR count). The fourth-order valence-corrected chi connectivity index (χ4v) is 3.64. The third-order valence-corrected chi connectivity index (χ3v) is 4.85. The Labute approximate surface area is 154 Å². The molecule has 0 radical (unpaired) electrons. The van der Waals surface area contributed by atoms with Crippen LogP contribution >= 0.6 is 11.3 Å². The van der Waals surface area contributed by atoms with Gasteiger partial charge in [-0.3, -0.25) is 10.1 Å². The van der Waals surface area contributed by atoms with E-state index in [0.29, 0.717) is 10.9 Å². The molecule has 0 atom stereocenters. The topological polar surface area (TPSA) is 73.0 Å². The number of carbonyl (C=O) groups excluding carboxylic acids is 1. The number of hydrogen-bond donors (Lipinski definition) is 1. The number of anilines is 1. The lowest BCUT2D eigenvalue weighted by molar-refractivity contribution is 0.0995. The second-order valence-corrected chi connectivity index (χ2v) is 6.79. The molecule has 0 aliphatic heterocycles. The van der Waals surface area contributed by atoms with E-state index in [1.54, 1.807) is 25.3 Å². The molecule has 0 fully saturated rings. The quantitative estimate of drug-likeness (QED) is 0.584. The van der Waals surface area contributed by atoms with Crippen molar-refractivity contribution < 1.29 is 9.21 Å². The number of carbonyl (C=O) groups is 1. The molecule has 3 aromatic heterocycles. The van der Waals surface area contributed by atoms with Crippen LogP contribution in [0.15, 0.2) is 59.3 Å². The number of nitrogens with one attached hydrogen (secondary N) is 1. The minimum atomic E-state index is -0.321. The Morgan fingerprint density at radius 1 is 1.19 bits per heavy atom. The van der Waals surface area contributed by atoms with Crippen molar-refractivity contribution in [2.45, 2.75) is 6.92 Å². The van der Waals surface area contributed by atoms with Crippen molar-refractivity contribution >= 4 is 22.4 Å². The van der Waals surface area contributed by atoms with E-state index < -0.39 is 0 Å². The van der Waals surface area contributed by atoms with Crippen LogP contribution in [0, 0.1) is 6.92 Å². The van der Waals surface area contributed by atoms with Crippen molar-refractivity contribution in [2.75, 3.05) is 5.32 Å². The van der Waals surface area contributed by atoms with Gasteiger partial charge in [-0.15, -0.1) is 0 Å². The number of furan rings is 1. The molecule has 6 nitrogen and oxygen atoms in total. The number of benzene rings is 1. The summed E-state index contributed by atoms with van der Waals surface area (Å²) < 4.78 is 7.31. The molecule has 0 saturated carbocycles. The van der Waals surface area contributed by atoms with Crippen molar-refractivity contribution in [3.05, 3.63) is 66.4 Å². The zero-order valence-electron chi connectivity index (χ0n) is 14.3. The fourth-order valence-electron chi connectivity index (χ4n) is 2.62. The Morgan fingerprint density at radius 2 is 2.00 bits per heavy atom. The number of amides is 1. The van der Waals surface area contributed by atoms with Crippen LogP contribution in [-0.2, 0) is 7.05 Å². The molecule has 1 N–H and O–H groups in total. The smallest absolute Gasteiger partial charge is 0.293 e. The van der Waals surface area contributed by atoms with Crippen LogP contribution < -0.4 is 5.32 Å². The molecule has 1 amide bonds. The van der Waals surface area contributed by atoms with Gasteiger partial charge in [0.25, 0.3) is 5.91 Å². The molecule has 1 aromatic carbocycles. The van der Waals surface area contributed by atoms with E-state index in [2.05, 4.69) is 15.3 Å². The maximum absolute atomic E-state index is 12.4. The van der Waals surface area contributed by atoms with Crippen LogP contribution in [0.1, 0.15) is 16.3 Å². The molecule has 26 heavy (non-hydrogen) atoms. The highest BCUT2D eigenvalue weighted by Gasteiger charge is 2.20. The zero-order valence-corrected chi connectivity index (χ0v) is 15.1. The number of imidazole rings is 1. The first kappa shape index (κ1) is 16.3. The minimum absolute atomic E-state index is 0.262. The number of aryl methyl sites for hydroxylation is 2. The Bertz CT molecular complexity index is 1060. The van der Waals surface area contributed by atoms with Crippen molar-refractivity contribution in [1.82, 2.24) is 14.5 Å². The summed E-state index contributed by atoms with van der Waals surface area (Å²) in [6.07, 6.45) is 3.63. The highest BCUT2D eigenvalue weighted by Crippen LogP contribution is 2.38. The molecule has 4 aromatic rings. The molecule has 0 saturated heterocycles. The first-order valence-corrected chi connectivity index (χ1v) is 8.85. The minimum Gasteiger partial charge on any atom is -0.456 e. The Hall–Kier alpha value is -3.19. The number of thiazole rings is 1. The van der Waals surface area contributed by atoms with Crippen LogP contribution in [0.25, 0.3) is 22.0 Å². The molecular formula is C19H16N4O2S. The van der Waals surface area contributed by atoms with Gasteiger partial charge in [-0.1, -0.05) is 41.7 Å². The van der Waals surface area contributed by atoms with Crippen molar-refractivity contribution in [3.8, 4) is 22.0 Å².